The van der Waals surface area contributed by atoms with E-state index in [-0.39, 0.29) is 36.2 Å². The summed E-state index contributed by atoms with van der Waals surface area (Å²) in [6, 6.07) is 13.7. The molecule has 1 fully saturated rings. The molecular weight excluding hydrogens is 424 g/mol. The van der Waals surface area contributed by atoms with Gasteiger partial charge in [0.2, 0.25) is 0 Å². The van der Waals surface area contributed by atoms with Crippen molar-refractivity contribution in [2.24, 2.45) is 0 Å². The first-order valence-corrected chi connectivity index (χ1v) is 10.0. The molecule has 1 heterocycles. The Morgan fingerprint density at radius 3 is 2.44 bits per heavy atom. The molecule has 2 aromatic carbocycles. The molecule has 0 saturated heterocycles. The minimum Gasteiger partial charge on any atom is -0.478 e. The number of aromatic nitrogens is 2. The van der Waals surface area contributed by atoms with Crippen molar-refractivity contribution in [2.45, 2.75) is 37.9 Å². The zero-order chi connectivity index (χ0) is 23.1. The van der Waals surface area contributed by atoms with Gasteiger partial charge in [0.05, 0.1) is 17.5 Å². The zero-order valence-electron chi connectivity index (χ0n) is 17.2. The molecule has 0 unspecified atom stereocenters. The average molecular weight is 444 g/mol. The highest BCUT2D eigenvalue weighted by Gasteiger charge is 2.64. The van der Waals surface area contributed by atoms with Crippen LogP contribution in [0.25, 0.3) is 11.9 Å². The summed E-state index contributed by atoms with van der Waals surface area (Å²) in [4.78, 5) is 11.1. The molecule has 1 N–H and O–H groups in total. The second-order valence-corrected chi connectivity index (χ2v) is 8.03. The predicted molar refractivity (Wildman–Crippen MR) is 112 cm³/mol. The Balaban J connectivity index is 1.52. The summed E-state index contributed by atoms with van der Waals surface area (Å²) in [5, 5.41) is 13.4. The molecule has 1 aliphatic carbocycles. The van der Waals surface area contributed by atoms with Crippen LogP contribution < -0.4 is 0 Å². The van der Waals surface area contributed by atoms with Crippen LogP contribution in [0.4, 0.5) is 17.6 Å². The lowest BCUT2D eigenvalue weighted by molar-refractivity contribution is -0.160. The van der Waals surface area contributed by atoms with Crippen LogP contribution in [0.15, 0.2) is 54.6 Å². The Kier molecular flexibility index (Phi) is 5.40. The molecule has 32 heavy (non-hydrogen) atoms. The van der Waals surface area contributed by atoms with E-state index in [0.717, 1.165) is 0 Å². The number of carboxylic acid groups (broad SMARTS) is 1. The van der Waals surface area contributed by atoms with E-state index < -0.39 is 23.4 Å². The summed E-state index contributed by atoms with van der Waals surface area (Å²) in [6.45, 7) is 2.03. The minimum absolute atomic E-state index is 0.0755. The Labute approximate surface area is 181 Å². The fourth-order valence-electron chi connectivity index (χ4n) is 3.74. The van der Waals surface area contributed by atoms with Crippen LogP contribution in [0.3, 0.4) is 0 Å². The highest BCUT2D eigenvalue weighted by molar-refractivity contribution is 5.87. The van der Waals surface area contributed by atoms with Crippen molar-refractivity contribution >= 4 is 17.9 Å². The number of rotatable bonds is 6. The molecule has 1 aromatic heterocycles. The van der Waals surface area contributed by atoms with E-state index in [1.807, 2.05) is 0 Å². The molecule has 1 saturated carbocycles. The van der Waals surface area contributed by atoms with Crippen molar-refractivity contribution in [3.05, 3.63) is 88.2 Å². The zero-order valence-corrected chi connectivity index (χ0v) is 17.2. The normalized spacial score (nSPS) is 15.6. The lowest BCUT2D eigenvalue weighted by atomic mass is 9.94. The van der Waals surface area contributed by atoms with Crippen molar-refractivity contribution in [3.8, 4) is 0 Å². The lowest BCUT2D eigenvalue weighted by Crippen LogP contribution is -2.28. The fourth-order valence-corrected chi connectivity index (χ4v) is 3.74. The molecule has 4 rings (SSSR count). The highest BCUT2D eigenvalue weighted by Crippen LogP contribution is 2.58. The van der Waals surface area contributed by atoms with E-state index in [9.17, 15) is 22.4 Å². The summed E-state index contributed by atoms with van der Waals surface area (Å²) in [7, 11) is 0. The molecule has 1 aliphatic rings. The first kappa shape index (κ1) is 21.8. The summed E-state index contributed by atoms with van der Waals surface area (Å²) in [5.41, 5.74) is 0.510. The van der Waals surface area contributed by atoms with E-state index in [0.29, 0.717) is 16.8 Å². The maximum Gasteiger partial charge on any atom is 0.398 e. The quantitative estimate of drug-likeness (QED) is 0.475. The van der Waals surface area contributed by atoms with Crippen LogP contribution in [0.5, 0.6) is 0 Å². The molecule has 0 bridgehead atoms. The van der Waals surface area contributed by atoms with Gasteiger partial charge in [0, 0.05) is 5.69 Å². The maximum absolute atomic E-state index is 14.8. The van der Waals surface area contributed by atoms with Crippen LogP contribution in [-0.4, -0.2) is 27.0 Å². The molecule has 0 spiro atoms. The number of halogens is 4. The lowest BCUT2D eigenvalue weighted by Gasteiger charge is -2.19. The smallest absolute Gasteiger partial charge is 0.398 e. The molecule has 3 aromatic rings. The monoisotopic (exact) mass is 444 g/mol. The van der Waals surface area contributed by atoms with Gasteiger partial charge < -0.3 is 5.11 Å². The maximum atomic E-state index is 14.8. The number of carboxylic acids is 1. The van der Waals surface area contributed by atoms with Crippen molar-refractivity contribution in [2.75, 3.05) is 0 Å². The molecule has 8 heteroatoms. The SMILES string of the molecule is Cc1cc(/C(F)=C/c2ccc(C3(C(F)(F)F)CC3)cc2)nn1Cc1cccc(C(=O)O)c1. The van der Waals surface area contributed by atoms with Crippen LogP contribution in [0.1, 0.15) is 51.3 Å². The van der Waals surface area contributed by atoms with E-state index >= 15 is 0 Å². The third kappa shape index (κ3) is 4.17. The number of benzene rings is 2. The second-order valence-electron chi connectivity index (χ2n) is 8.03. The first-order chi connectivity index (χ1) is 15.1. The van der Waals surface area contributed by atoms with E-state index in [2.05, 4.69) is 5.10 Å². The van der Waals surface area contributed by atoms with Crippen LogP contribution in [-0.2, 0) is 12.0 Å². The van der Waals surface area contributed by atoms with Gasteiger partial charge in [-0.15, -0.1) is 0 Å². The topological polar surface area (TPSA) is 55.1 Å². The highest BCUT2D eigenvalue weighted by atomic mass is 19.4. The second kappa shape index (κ2) is 7.93. The fraction of sp³-hybridized carbons (Fsp3) is 0.250. The number of nitrogens with zero attached hydrogens (tertiary/aromatic N) is 2. The Bertz CT molecular complexity index is 1190. The van der Waals surface area contributed by atoms with E-state index in [1.54, 1.807) is 29.8 Å². The number of aromatic carboxylic acids is 1. The third-order valence-electron chi connectivity index (χ3n) is 5.78. The Hall–Kier alpha value is -3.42. The summed E-state index contributed by atoms with van der Waals surface area (Å²) >= 11 is 0. The van der Waals surface area contributed by atoms with Gasteiger partial charge in [-0.3, -0.25) is 4.68 Å². The van der Waals surface area contributed by atoms with Gasteiger partial charge in [-0.2, -0.15) is 18.3 Å². The van der Waals surface area contributed by atoms with Gasteiger partial charge >= 0.3 is 12.1 Å². The standard InChI is InChI=1S/C24H20F4N2O2/c1-15-11-21(29-30(15)14-17-3-2-4-18(12-17)22(31)32)20(25)13-16-5-7-19(8-6-16)23(9-10-23)24(26,27)28/h2-8,11-13H,9-10,14H2,1H3,(H,31,32)/b20-13-. The van der Waals surface area contributed by atoms with Crippen molar-refractivity contribution in [1.29, 1.82) is 0 Å². The number of hydrogen-bond acceptors (Lipinski definition) is 2. The number of alkyl halides is 3. The van der Waals surface area contributed by atoms with E-state index in [4.69, 9.17) is 5.11 Å². The average Bonchev–Trinajstić information content (AvgIpc) is 3.48. The summed E-state index contributed by atoms with van der Waals surface area (Å²) < 4.78 is 56.1. The first-order valence-electron chi connectivity index (χ1n) is 10.0. The molecular formula is C24H20F4N2O2. The van der Waals surface area contributed by atoms with Crippen molar-refractivity contribution in [1.82, 2.24) is 9.78 Å². The van der Waals surface area contributed by atoms with Gasteiger partial charge in [-0.25, -0.2) is 9.18 Å². The molecule has 0 aliphatic heterocycles. The number of aryl methyl sites for hydroxylation is 1. The molecule has 4 nitrogen and oxygen atoms in total. The van der Waals surface area contributed by atoms with E-state index in [1.165, 1.54) is 42.5 Å². The molecule has 0 atom stereocenters. The van der Waals surface area contributed by atoms with Crippen LogP contribution in [0.2, 0.25) is 0 Å². The van der Waals surface area contributed by atoms with Crippen LogP contribution >= 0.6 is 0 Å². The number of hydrogen-bond donors (Lipinski definition) is 1. The van der Waals surface area contributed by atoms with Gasteiger partial charge in [0.25, 0.3) is 0 Å². The summed E-state index contributed by atoms with van der Waals surface area (Å²) in [5.74, 6) is -1.65. The largest absolute Gasteiger partial charge is 0.478 e. The van der Waals surface area contributed by atoms with Crippen LogP contribution in [0, 0.1) is 6.92 Å². The molecule has 0 amide bonds. The third-order valence-corrected chi connectivity index (χ3v) is 5.78. The van der Waals surface area contributed by atoms with Crippen molar-refractivity contribution < 1.29 is 27.5 Å². The van der Waals surface area contributed by atoms with Gasteiger partial charge in [0.1, 0.15) is 5.69 Å². The molecule has 0 radical (unpaired) electrons. The Morgan fingerprint density at radius 1 is 1.16 bits per heavy atom. The molecule has 166 valence electrons. The predicted octanol–water partition coefficient (Wildman–Crippen LogP) is 6.00. The van der Waals surface area contributed by atoms with Gasteiger partial charge in [-0.1, -0.05) is 36.4 Å². The van der Waals surface area contributed by atoms with Crippen molar-refractivity contribution in [3.63, 3.8) is 0 Å². The summed E-state index contributed by atoms with van der Waals surface area (Å²) in [6.07, 6.45) is -2.91. The van der Waals surface area contributed by atoms with Gasteiger partial charge in [0.15, 0.2) is 5.83 Å². The Morgan fingerprint density at radius 2 is 1.84 bits per heavy atom. The van der Waals surface area contributed by atoms with Gasteiger partial charge in [-0.05, 0) is 60.7 Å². The number of carbonyl (C=O) groups is 1. The minimum atomic E-state index is -4.29.